The highest BCUT2D eigenvalue weighted by atomic mass is 79.9. The Morgan fingerprint density at radius 1 is 1.73 bits per heavy atom. The van der Waals surface area contributed by atoms with Gasteiger partial charge in [0.1, 0.15) is 0 Å². The fourth-order valence-electron chi connectivity index (χ4n) is 1.15. The summed E-state index contributed by atoms with van der Waals surface area (Å²) in [5, 5.41) is 4.26. The van der Waals surface area contributed by atoms with Gasteiger partial charge in [-0.1, -0.05) is 22.9 Å². The highest BCUT2D eigenvalue weighted by molar-refractivity contribution is 9.09. The molecular formula is C8H13BrN2. The second-order valence-corrected chi connectivity index (χ2v) is 4.46. The van der Waals surface area contributed by atoms with Crippen LogP contribution in [0, 0.1) is 6.92 Å². The SMILES string of the molecule is Cc1nn(C)cc1CC(C)Br. The van der Waals surface area contributed by atoms with E-state index < -0.39 is 0 Å². The number of nitrogens with zero attached hydrogens (tertiary/aromatic N) is 2. The Hall–Kier alpha value is -0.310. The van der Waals surface area contributed by atoms with Crippen molar-refractivity contribution in [1.29, 1.82) is 0 Å². The number of hydrogen-bond donors (Lipinski definition) is 0. The summed E-state index contributed by atoms with van der Waals surface area (Å²) < 4.78 is 1.86. The minimum Gasteiger partial charge on any atom is -0.275 e. The Labute approximate surface area is 75.7 Å². The van der Waals surface area contributed by atoms with E-state index in [2.05, 4.69) is 34.1 Å². The molecule has 0 aliphatic heterocycles. The van der Waals surface area contributed by atoms with Crippen LogP contribution in [0.5, 0.6) is 0 Å². The van der Waals surface area contributed by atoms with Gasteiger partial charge in [-0.25, -0.2) is 0 Å². The van der Waals surface area contributed by atoms with Crippen LogP contribution in [0.3, 0.4) is 0 Å². The molecule has 1 aromatic rings. The van der Waals surface area contributed by atoms with Crippen LogP contribution in [0.4, 0.5) is 0 Å². The molecule has 0 bridgehead atoms. The predicted molar refractivity (Wildman–Crippen MR) is 50.0 cm³/mol. The molecule has 1 rings (SSSR count). The fraction of sp³-hybridized carbons (Fsp3) is 0.625. The lowest BCUT2D eigenvalue weighted by atomic mass is 10.1. The van der Waals surface area contributed by atoms with Crippen LogP contribution in [-0.2, 0) is 13.5 Å². The minimum atomic E-state index is 0.533. The smallest absolute Gasteiger partial charge is 0.0625 e. The molecule has 1 heterocycles. The van der Waals surface area contributed by atoms with Gasteiger partial charge in [-0.05, 0) is 18.9 Å². The molecule has 62 valence electrons. The molecule has 0 fully saturated rings. The molecule has 0 amide bonds. The number of halogens is 1. The van der Waals surface area contributed by atoms with Gasteiger partial charge in [0.2, 0.25) is 0 Å². The van der Waals surface area contributed by atoms with Gasteiger partial charge >= 0.3 is 0 Å². The molecule has 0 N–H and O–H groups in total. The average molecular weight is 217 g/mol. The maximum Gasteiger partial charge on any atom is 0.0625 e. The summed E-state index contributed by atoms with van der Waals surface area (Å²) in [5.41, 5.74) is 2.47. The van der Waals surface area contributed by atoms with Crippen LogP contribution in [0.15, 0.2) is 6.20 Å². The molecule has 0 saturated heterocycles. The zero-order valence-electron chi connectivity index (χ0n) is 7.13. The van der Waals surface area contributed by atoms with E-state index in [0.29, 0.717) is 4.83 Å². The Morgan fingerprint density at radius 2 is 2.36 bits per heavy atom. The summed E-state index contributed by atoms with van der Waals surface area (Å²) in [7, 11) is 1.95. The quantitative estimate of drug-likeness (QED) is 0.693. The van der Waals surface area contributed by atoms with Crippen molar-refractivity contribution < 1.29 is 0 Å². The minimum absolute atomic E-state index is 0.533. The Balaban J connectivity index is 2.77. The van der Waals surface area contributed by atoms with Gasteiger partial charge in [-0.2, -0.15) is 5.10 Å². The molecule has 0 saturated carbocycles. The molecule has 2 nitrogen and oxygen atoms in total. The first kappa shape index (κ1) is 8.78. The summed E-state index contributed by atoms with van der Waals surface area (Å²) in [6.45, 7) is 4.19. The van der Waals surface area contributed by atoms with E-state index in [1.807, 2.05) is 18.7 Å². The van der Waals surface area contributed by atoms with Crippen LogP contribution < -0.4 is 0 Å². The molecule has 11 heavy (non-hydrogen) atoms. The maximum absolute atomic E-state index is 4.26. The molecule has 1 atom stereocenters. The van der Waals surface area contributed by atoms with Gasteiger partial charge in [0.15, 0.2) is 0 Å². The number of alkyl halides is 1. The largest absolute Gasteiger partial charge is 0.275 e. The Kier molecular flexibility index (Phi) is 2.71. The first-order valence-electron chi connectivity index (χ1n) is 3.73. The summed E-state index contributed by atoms with van der Waals surface area (Å²) >= 11 is 3.52. The normalized spacial score (nSPS) is 13.5. The van der Waals surface area contributed by atoms with Gasteiger partial charge in [-0.15, -0.1) is 0 Å². The monoisotopic (exact) mass is 216 g/mol. The number of aryl methyl sites for hydroxylation is 2. The van der Waals surface area contributed by atoms with Crippen LogP contribution in [-0.4, -0.2) is 14.6 Å². The molecule has 1 unspecified atom stereocenters. The van der Waals surface area contributed by atoms with Gasteiger partial charge in [0.25, 0.3) is 0 Å². The zero-order chi connectivity index (χ0) is 8.43. The third kappa shape index (κ3) is 2.33. The van der Waals surface area contributed by atoms with Crippen molar-refractivity contribution in [2.75, 3.05) is 0 Å². The fourth-order valence-corrected chi connectivity index (χ4v) is 1.50. The predicted octanol–water partition coefficient (Wildman–Crippen LogP) is 2.05. The van der Waals surface area contributed by atoms with E-state index in [-0.39, 0.29) is 0 Å². The standard InChI is InChI=1S/C8H13BrN2/c1-6(9)4-8-5-11(3)10-7(8)2/h5-6H,4H2,1-3H3. The van der Waals surface area contributed by atoms with Crippen molar-refractivity contribution in [3.05, 3.63) is 17.5 Å². The van der Waals surface area contributed by atoms with Crippen LogP contribution in [0.2, 0.25) is 0 Å². The van der Waals surface area contributed by atoms with Crippen molar-refractivity contribution in [2.24, 2.45) is 7.05 Å². The summed E-state index contributed by atoms with van der Waals surface area (Å²) in [6, 6.07) is 0. The van der Waals surface area contributed by atoms with Crippen molar-refractivity contribution in [3.8, 4) is 0 Å². The lowest BCUT2D eigenvalue weighted by Gasteiger charge is -1.99. The summed E-state index contributed by atoms with van der Waals surface area (Å²) in [6.07, 6.45) is 3.13. The molecule has 0 radical (unpaired) electrons. The summed E-state index contributed by atoms with van der Waals surface area (Å²) in [4.78, 5) is 0.533. The Bertz CT molecular complexity index is 240. The van der Waals surface area contributed by atoms with E-state index in [4.69, 9.17) is 0 Å². The number of rotatable bonds is 2. The Morgan fingerprint density at radius 3 is 2.73 bits per heavy atom. The van der Waals surface area contributed by atoms with Gasteiger partial charge in [-0.3, -0.25) is 4.68 Å². The topological polar surface area (TPSA) is 17.8 Å². The van der Waals surface area contributed by atoms with Crippen molar-refractivity contribution in [1.82, 2.24) is 9.78 Å². The van der Waals surface area contributed by atoms with E-state index in [9.17, 15) is 0 Å². The number of aromatic nitrogens is 2. The van der Waals surface area contributed by atoms with Crippen LogP contribution >= 0.6 is 15.9 Å². The average Bonchev–Trinajstić information content (AvgIpc) is 2.09. The first-order valence-corrected chi connectivity index (χ1v) is 4.64. The highest BCUT2D eigenvalue weighted by Crippen LogP contribution is 2.11. The molecule has 1 aromatic heterocycles. The molecule has 0 spiro atoms. The molecule has 0 aliphatic rings. The third-order valence-electron chi connectivity index (χ3n) is 1.62. The lowest BCUT2D eigenvalue weighted by molar-refractivity contribution is 0.756. The number of hydrogen-bond acceptors (Lipinski definition) is 1. The van der Waals surface area contributed by atoms with Crippen molar-refractivity contribution in [2.45, 2.75) is 25.1 Å². The van der Waals surface area contributed by atoms with E-state index in [0.717, 1.165) is 12.1 Å². The lowest BCUT2D eigenvalue weighted by Crippen LogP contribution is -1.96. The highest BCUT2D eigenvalue weighted by Gasteiger charge is 2.05. The summed E-state index contributed by atoms with van der Waals surface area (Å²) in [5.74, 6) is 0. The van der Waals surface area contributed by atoms with Gasteiger partial charge in [0, 0.05) is 18.1 Å². The van der Waals surface area contributed by atoms with Crippen molar-refractivity contribution in [3.63, 3.8) is 0 Å². The van der Waals surface area contributed by atoms with Crippen LogP contribution in [0.25, 0.3) is 0 Å². The molecule has 3 heteroatoms. The first-order chi connectivity index (χ1) is 5.09. The second-order valence-electron chi connectivity index (χ2n) is 2.90. The maximum atomic E-state index is 4.26. The van der Waals surface area contributed by atoms with Crippen LogP contribution in [0.1, 0.15) is 18.2 Å². The van der Waals surface area contributed by atoms with E-state index in [1.54, 1.807) is 0 Å². The van der Waals surface area contributed by atoms with Crippen molar-refractivity contribution >= 4 is 15.9 Å². The van der Waals surface area contributed by atoms with E-state index >= 15 is 0 Å². The van der Waals surface area contributed by atoms with E-state index in [1.165, 1.54) is 5.56 Å². The molecule has 0 aromatic carbocycles. The van der Waals surface area contributed by atoms with Gasteiger partial charge < -0.3 is 0 Å². The molecular weight excluding hydrogens is 204 g/mol. The zero-order valence-corrected chi connectivity index (χ0v) is 8.72. The molecule has 0 aliphatic carbocycles. The second kappa shape index (κ2) is 3.39. The third-order valence-corrected chi connectivity index (χ3v) is 1.94. The van der Waals surface area contributed by atoms with Gasteiger partial charge in [0.05, 0.1) is 5.69 Å².